The number of nitrogens with one attached hydrogen (secondary N) is 1. The molecule has 1 atom stereocenters. The molecular weight excluding hydrogens is 470 g/mol. The lowest BCUT2D eigenvalue weighted by atomic mass is 10.0. The van der Waals surface area contributed by atoms with Crippen LogP contribution in [0.3, 0.4) is 0 Å². The zero-order valence-electron chi connectivity index (χ0n) is 20.0. The molecule has 0 saturated carbocycles. The Hall–Kier alpha value is -4.50. The molecule has 3 heterocycles. The summed E-state index contributed by atoms with van der Waals surface area (Å²) in [7, 11) is 0. The van der Waals surface area contributed by atoms with Crippen LogP contribution in [0.15, 0.2) is 79.0 Å². The molecule has 9 nitrogen and oxygen atoms in total. The fourth-order valence-electron chi connectivity index (χ4n) is 5.04. The van der Waals surface area contributed by atoms with Gasteiger partial charge in [0.15, 0.2) is 12.8 Å². The quantitative estimate of drug-likeness (QED) is 0.470. The number of carbonyl (C=O) groups excluding carboxylic acids is 3. The predicted octanol–water partition coefficient (Wildman–Crippen LogP) is 3.04. The zero-order chi connectivity index (χ0) is 25.4. The second-order valence-electron chi connectivity index (χ2n) is 9.16. The average Bonchev–Trinajstić information content (AvgIpc) is 2.93. The van der Waals surface area contributed by atoms with Gasteiger partial charge in [0.25, 0.3) is 5.91 Å². The minimum absolute atomic E-state index is 0.113. The first-order valence-corrected chi connectivity index (χ1v) is 12.1. The lowest BCUT2D eigenvalue weighted by molar-refractivity contribution is -0.229. The van der Waals surface area contributed by atoms with E-state index < -0.39 is 12.2 Å². The molecule has 0 aliphatic carbocycles. The molecule has 1 unspecified atom stereocenters. The first kappa shape index (κ1) is 22.9. The molecule has 9 heteroatoms. The van der Waals surface area contributed by atoms with Crippen molar-refractivity contribution in [1.29, 1.82) is 0 Å². The second kappa shape index (κ2) is 9.51. The highest BCUT2D eigenvalue weighted by molar-refractivity contribution is 5.89. The van der Waals surface area contributed by atoms with Crippen molar-refractivity contribution < 1.29 is 19.2 Å². The molecule has 186 valence electrons. The number of nitrogens with zero attached hydrogens (tertiary/aromatic N) is 4. The van der Waals surface area contributed by atoms with Gasteiger partial charge in [-0.05, 0) is 28.0 Å². The fraction of sp³-hybridized carbons (Fsp3) is 0.214. The maximum absolute atomic E-state index is 13.2. The molecule has 2 fully saturated rings. The van der Waals surface area contributed by atoms with Crippen LogP contribution in [0.25, 0.3) is 21.7 Å². The Morgan fingerprint density at radius 3 is 2.57 bits per heavy atom. The highest BCUT2D eigenvalue weighted by Crippen LogP contribution is 2.24. The highest BCUT2D eigenvalue weighted by Gasteiger charge is 2.44. The Bertz CT molecular complexity index is 1510. The van der Waals surface area contributed by atoms with Crippen molar-refractivity contribution >= 4 is 39.5 Å². The van der Waals surface area contributed by atoms with Gasteiger partial charge in [-0.25, -0.2) is 4.79 Å². The molecular formula is C28H25N5O4. The summed E-state index contributed by atoms with van der Waals surface area (Å²) in [6, 6.07) is 23.1. The van der Waals surface area contributed by atoms with Crippen molar-refractivity contribution in [3.05, 3.63) is 90.1 Å². The number of amides is 4. The van der Waals surface area contributed by atoms with Gasteiger partial charge in [-0.1, -0.05) is 66.7 Å². The van der Waals surface area contributed by atoms with E-state index in [9.17, 15) is 14.4 Å². The third-order valence-corrected chi connectivity index (χ3v) is 6.91. The van der Waals surface area contributed by atoms with Crippen LogP contribution >= 0.6 is 0 Å². The van der Waals surface area contributed by atoms with E-state index in [1.54, 1.807) is 11.1 Å². The van der Waals surface area contributed by atoms with Gasteiger partial charge in [-0.15, -0.1) is 0 Å². The number of aromatic nitrogens is 1. The molecule has 6 rings (SSSR count). The van der Waals surface area contributed by atoms with Gasteiger partial charge in [-0.3, -0.25) is 19.4 Å². The molecule has 3 aromatic carbocycles. The van der Waals surface area contributed by atoms with Crippen LogP contribution in [0.5, 0.6) is 0 Å². The Labute approximate surface area is 213 Å². The number of hydrogen-bond donors (Lipinski definition) is 1. The molecule has 1 N–H and O–H groups in total. The third kappa shape index (κ3) is 4.34. The number of para-hydroxylation sites is 1. The number of benzene rings is 3. The van der Waals surface area contributed by atoms with Gasteiger partial charge >= 0.3 is 6.03 Å². The lowest BCUT2D eigenvalue weighted by Crippen LogP contribution is -2.68. The van der Waals surface area contributed by atoms with Crippen LogP contribution in [0.4, 0.5) is 4.79 Å². The topological polar surface area (TPSA) is 95.1 Å². The van der Waals surface area contributed by atoms with Crippen molar-refractivity contribution in [1.82, 2.24) is 25.2 Å². The number of fused-ring (bicyclic) bond motifs is 3. The fourth-order valence-corrected chi connectivity index (χ4v) is 5.04. The van der Waals surface area contributed by atoms with Crippen molar-refractivity contribution in [2.24, 2.45) is 0 Å². The standard InChI is InChI=1S/C28H25N5O4/c34-25-17-32-24(16-31(25)15-22-10-4-8-20-11-5-13-29-27(20)22)33(37-18-26(32)35)28(36)30-14-21-9-3-7-19-6-1-2-12-23(19)21/h1-13,24H,14-18H2,(H,30,36). The van der Waals surface area contributed by atoms with Gasteiger partial charge in [0.05, 0.1) is 12.1 Å². The summed E-state index contributed by atoms with van der Waals surface area (Å²) < 4.78 is 0. The SMILES string of the molecule is O=C1CN2C(=O)CON(C(=O)NCc3cccc4ccccc34)C2CN1Cc1cccc2cccnc12. The molecule has 1 aromatic heterocycles. The zero-order valence-corrected chi connectivity index (χ0v) is 20.0. The predicted molar refractivity (Wildman–Crippen MR) is 137 cm³/mol. The smallest absolute Gasteiger partial charge is 0.333 e. The number of carbonyl (C=O) groups is 3. The van der Waals surface area contributed by atoms with Gasteiger partial charge < -0.3 is 15.1 Å². The van der Waals surface area contributed by atoms with Gasteiger partial charge in [0.2, 0.25) is 5.91 Å². The molecule has 2 aliphatic heterocycles. The van der Waals surface area contributed by atoms with Crippen molar-refractivity contribution in [3.63, 3.8) is 0 Å². The summed E-state index contributed by atoms with van der Waals surface area (Å²) in [5, 5.41) is 7.23. The van der Waals surface area contributed by atoms with Crippen molar-refractivity contribution in [2.75, 3.05) is 19.7 Å². The summed E-state index contributed by atoms with van der Waals surface area (Å²) >= 11 is 0. The number of hydrogen-bond acceptors (Lipinski definition) is 5. The maximum Gasteiger partial charge on any atom is 0.343 e. The molecule has 0 spiro atoms. The van der Waals surface area contributed by atoms with Crippen LogP contribution in [0.2, 0.25) is 0 Å². The van der Waals surface area contributed by atoms with Crippen molar-refractivity contribution in [2.45, 2.75) is 19.3 Å². The Morgan fingerprint density at radius 2 is 1.68 bits per heavy atom. The van der Waals surface area contributed by atoms with E-state index in [0.717, 1.165) is 32.8 Å². The Morgan fingerprint density at radius 1 is 0.919 bits per heavy atom. The van der Waals surface area contributed by atoms with Crippen LogP contribution in [0, 0.1) is 0 Å². The number of hydroxylamine groups is 2. The summed E-state index contributed by atoms with van der Waals surface area (Å²) in [6.07, 6.45) is 0.996. The largest absolute Gasteiger partial charge is 0.343 e. The number of rotatable bonds is 4. The average molecular weight is 496 g/mol. The Balaban J connectivity index is 1.21. The molecule has 4 aromatic rings. The van der Waals surface area contributed by atoms with Gasteiger partial charge in [-0.2, -0.15) is 5.06 Å². The minimum Gasteiger partial charge on any atom is -0.333 e. The molecule has 37 heavy (non-hydrogen) atoms. The summed E-state index contributed by atoms with van der Waals surface area (Å²) in [5.74, 6) is -0.501. The molecule has 0 radical (unpaired) electrons. The lowest BCUT2D eigenvalue weighted by Gasteiger charge is -2.47. The first-order chi connectivity index (χ1) is 18.1. The summed E-state index contributed by atoms with van der Waals surface area (Å²) in [5.41, 5.74) is 2.69. The number of urea groups is 1. The summed E-state index contributed by atoms with van der Waals surface area (Å²) in [4.78, 5) is 51.9. The van der Waals surface area contributed by atoms with Gasteiger partial charge in [0.1, 0.15) is 6.54 Å². The van der Waals surface area contributed by atoms with E-state index in [-0.39, 0.29) is 31.5 Å². The van der Waals surface area contributed by atoms with Crippen molar-refractivity contribution in [3.8, 4) is 0 Å². The molecule has 4 amide bonds. The maximum atomic E-state index is 13.2. The van der Waals surface area contributed by atoms with Crippen LogP contribution in [0.1, 0.15) is 11.1 Å². The monoisotopic (exact) mass is 495 g/mol. The van der Waals surface area contributed by atoms with E-state index in [1.165, 1.54) is 9.96 Å². The minimum atomic E-state index is -0.727. The normalized spacial score (nSPS) is 17.8. The van der Waals surface area contributed by atoms with E-state index in [2.05, 4.69) is 10.3 Å². The van der Waals surface area contributed by atoms with E-state index >= 15 is 0 Å². The third-order valence-electron chi connectivity index (χ3n) is 6.91. The van der Waals surface area contributed by atoms with Crippen LogP contribution < -0.4 is 5.32 Å². The van der Waals surface area contributed by atoms with Crippen LogP contribution in [-0.2, 0) is 27.5 Å². The van der Waals surface area contributed by atoms with E-state index in [1.807, 2.05) is 72.8 Å². The van der Waals surface area contributed by atoms with E-state index in [4.69, 9.17) is 4.84 Å². The van der Waals surface area contributed by atoms with Gasteiger partial charge in [0, 0.05) is 24.7 Å². The first-order valence-electron chi connectivity index (χ1n) is 12.1. The number of piperazine rings is 1. The second-order valence-corrected chi connectivity index (χ2v) is 9.16. The van der Waals surface area contributed by atoms with E-state index in [0.29, 0.717) is 13.1 Å². The summed E-state index contributed by atoms with van der Waals surface area (Å²) in [6.45, 7) is 0.342. The molecule has 0 bridgehead atoms. The highest BCUT2D eigenvalue weighted by atomic mass is 16.7. The number of pyridine rings is 1. The van der Waals surface area contributed by atoms with Crippen LogP contribution in [-0.4, -0.2) is 63.6 Å². The Kier molecular flexibility index (Phi) is 5.90. The molecule has 2 aliphatic rings. The molecule has 2 saturated heterocycles.